The number of amides is 1. The zero-order chi connectivity index (χ0) is 16.9. The van der Waals surface area contributed by atoms with Gasteiger partial charge in [0.2, 0.25) is 0 Å². The smallest absolute Gasteiger partial charge is 0.275 e. The highest BCUT2D eigenvalue weighted by Crippen LogP contribution is 2.17. The first-order valence-electron chi connectivity index (χ1n) is 7.31. The van der Waals surface area contributed by atoms with Gasteiger partial charge in [0.15, 0.2) is 0 Å². The van der Waals surface area contributed by atoms with E-state index in [9.17, 15) is 9.18 Å². The molecule has 1 aromatic heterocycles. The first kappa shape index (κ1) is 16.1. The molecule has 0 aliphatic rings. The van der Waals surface area contributed by atoms with Gasteiger partial charge in [-0.15, -0.1) is 11.3 Å². The summed E-state index contributed by atoms with van der Waals surface area (Å²) < 4.78 is 18.4. The van der Waals surface area contributed by atoms with E-state index in [1.165, 1.54) is 23.5 Å². The molecule has 1 N–H and O–H groups in total. The number of aryl methyl sites for hydroxylation is 1. The van der Waals surface area contributed by atoms with E-state index in [1.807, 2.05) is 31.2 Å². The number of hydrogen-bond acceptors (Lipinski definition) is 4. The summed E-state index contributed by atoms with van der Waals surface area (Å²) in [5.74, 6) is -0.0212. The van der Waals surface area contributed by atoms with E-state index in [1.54, 1.807) is 17.5 Å². The number of nitrogens with one attached hydrogen (secondary N) is 1. The number of ether oxygens (including phenoxy) is 1. The Kier molecular flexibility index (Phi) is 4.86. The van der Waals surface area contributed by atoms with Crippen molar-refractivity contribution in [2.75, 3.05) is 5.32 Å². The van der Waals surface area contributed by atoms with Gasteiger partial charge in [0, 0.05) is 11.1 Å². The summed E-state index contributed by atoms with van der Waals surface area (Å²) in [6.45, 7) is 2.22. The molecule has 0 saturated carbocycles. The Hall–Kier alpha value is -2.73. The fourth-order valence-corrected chi connectivity index (χ4v) is 2.67. The number of benzene rings is 2. The van der Waals surface area contributed by atoms with Crippen LogP contribution >= 0.6 is 11.3 Å². The van der Waals surface area contributed by atoms with Crippen molar-refractivity contribution < 1.29 is 13.9 Å². The van der Waals surface area contributed by atoms with Crippen molar-refractivity contribution in [3.05, 3.63) is 76.0 Å². The molecule has 1 amide bonds. The van der Waals surface area contributed by atoms with E-state index in [2.05, 4.69) is 10.3 Å². The van der Waals surface area contributed by atoms with Crippen LogP contribution in [0, 0.1) is 12.7 Å². The van der Waals surface area contributed by atoms with E-state index >= 15 is 0 Å². The van der Waals surface area contributed by atoms with Crippen LogP contribution < -0.4 is 10.1 Å². The van der Waals surface area contributed by atoms with Gasteiger partial charge in [-0.05, 0) is 43.3 Å². The molecule has 0 aliphatic heterocycles. The molecule has 0 fully saturated rings. The minimum atomic E-state index is -0.313. The fraction of sp³-hybridized carbons (Fsp3) is 0.111. The Morgan fingerprint density at radius 1 is 1.17 bits per heavy atom. The Balaban J connectivity index is 1.59. The van der Waals surface area contributed by atoms with Crippen molar-refractivity contribution in [3.8, 4) is 5.75 Å². The normalized spacial score (nSPS) is 10.4. The molecule has 122 valence electrons. The molecule has 3 rings (SSSR count). The van der Waals surface area contributed by atoms with Crippen molar-refractivity contribution in [1.29, 1.82) is 0 Å². The number of anilines is 1. The molecule has 0 saturated heterocycles. The van der Waals surface area contributed by atoms with Gasteiger partial charge in [-0.25, -0.2) is 9.37 Å². The van der Waals surface area contributed by atoms with Crippen molar-refractivity contribution in [3.63, 3.8) is 0 Å². The first-order valence-corrected chi connectivity index (χ1v) is 8.19. The van der Waals surface area contributed by atoms with Gasteiger partial charge < -0.3 is 10.1 Å². The van der Waals surface area contributed by atoms with Crippen molar-refractivity contribution in [2.24, 2.45) is 0 Å². The Bertz CT molecular complexity index is 829. The zero-order valence-electron chi connectivity index (χ0n) is 13.0. The summed E-state index contributed by atoms with van der Waals surface area (Å²) in [6, 6.07) is 13.3. The Morgan fingerprint density at radius 3 is 2.58 bits per heavy atom. The summed E-state index contributed by atoms with van der Waals surface area (Å²) in [6.07, 6.45) is 0. The molecule has 0 unspecified atom stereocenters. The first-order chi connectivity index (χ1) is 11.6. The quantitative estimate of drug-likeness (QED) is 0.747. The largest absolute Gasteiger partial charge is 0.486 e. The summed E-state index contributed by atoms with van der Waals surface area (Å²) in [5, 5.41) is 5.16. The van der Waals surface area contributed by atoms with Crippen LogP contribution in [0.2, 0.25) is 0 Å². The van der Waals surface area contributed by atoms with Crippen LogP contribution in [0.3, 0.4) is 0 Å². The molecule has 0 spiro atoms. The third kappa shape index (κ3) is 4.17. The molecule has 2 aromatic carbocycles. The average molecular weight is 342 g/mol. The predicted octanol–water partition coefficient (Wildman–Crippen LogP) is 4.42. The highest BCUT2D eigenvalue weighted by molar-refractivity contribution is 7.09. The van der Waals surface area contributed by atoms with Gasteiger partial charge in [0.1, 0.15) is 28.9 Å². The number of rotatable bonds is 5. The molecule has 6 heteroatoms. The van der Waals surface area contributed by atoms with Crippen molar-refractivity contribution in [1.82, 2.24) is 4.98 Å². The van der Waals surface area contributed by atoms with Gasteiger partial charge in [-0.3, -0.25) is 4.79 Å². The Morgan fingerprint density at radius 2 is 1.88 bits per heavy atom. The van der Waals surface area contributed by atoms with Gasteiger partial charge in [-0.1, -0.05) is 17.7 Å². The average Bonchev–Trinajstić information content (AvgIpc) is 3.06. The lowest BCUT2D eigenvalue weighted by atomic mass is 10.2. The summed E-state index contributed by atoms with van der Waals surface area (Å²) >= 11 is 1.34. The molecule has 3 aromatic rings. The zero-order valence-corrected chi connectivity index (χ0v) is 13.8. The van der Waals surface area contributed by atoms with Crippen LogP contribution in [0.15, 0.2) is 53.9 Å². The molecule has 0 atom stereocenters. The Labute approximate surface area is 142 Å². The van der Waals surface area contributed by atoms with Crippen LogP contribution in [0.1, 0.15) is 21.1 Å². The van der Waals surface area contributed by atoms with Gasteiger partial charge >= 0.3 is 0 Å². The van der Waals surface area contributed by atoms with E-state index in [0.29, 0.717) is 16.5 Å². The van der Waals surface area contributed by atoms with Crippen LogP contribution in [0.25, 0.3) is 0 Å². The maximum absolute atomic E-state index is 12.8. The van der Waals surface area contributed by atoms with Crippen molar-refractivity contribution >= 4 is 22.9 Å². The van der Waals surface area contributed by atoms with Crippen LogP contribution in [-0.2, 0) is 6.61 Å². The number of nitrogens with zero attached hydrogens (tertiary/aromatic N) is 1. The third-order valence-electron chi connectivity index (χ3n) is 3.27. The van der Waals surface area contributed by atoms with Crippen LogP contribution in [-0.4, -0.2) is 10.9 Å². The van der Waals surface area contributed by atoms with Gasteiger partial charge in [0.05, 0.1) is 0 Å². The number of thiazole rings is 1. The predicted molar refractivity (Wildman–Crippen MR) is 92.0 cm³/mol. The van der Waals surface area contributed by atoms with Crippen LogP contribution in [0.4, 0.5) is 10.1 Å². The molecule has 1 heterocycles. The topological polar surface area (TPSA) is 51.2 Å². The maximum Gasteiger partial charge on any atom is 0.275 e. The second kappa shape index (κ2) is 7.23. The highest BCUT2D eigenvalue weighted by atomic mass is 32.1. The number of carbonyl (C=O) groups excluding carboxylic acids is 1. The van der Waals surface area contributed by atoms with E-state index in [4.69, 9.17) is 4.74 Å². The lowest BCUT2D eigenvalue weighted by Crippen LogP contribution is -2.12. The third-order valence-corrected chi connectivity index (χ3v) is 4.09. The van der Waals surface area contributed by atoms with E-state index in [-0.39, 0.29) is 18.3 Å². The minimum Gasteiger partial charge on any atom is -0.486 e. The summed E-state index contributed by atoms with van der Waals surface area (Å²) in [7, 11) is 0. The molecular weight excluding hydrogens is 327 g/mol. The summed E-state index contributed by atoms with van der Waals surface area (Å²) in [5.41, 5.74) is 2.20. The number of aromatic nitrogens is 1. The molecule has 0 aliphatic carbocycles. The maximum atomic E-state index is 12.8. The number of halogens is 1. The monoisotopic (exact) mass is 342 g/mol. The minimum absolute atomic E-state index is 0.230. The lowest BCUT2D eigenvalue weighted by Gasteiger charge is -2.04. The molecule has 0 bridgehead atoms. The SMILES string of the molecule is Cc1ccc(NC(=O)c2csc(COc3ccc(F)cc3)n2)cc1. The number of carbonyl (C=O) groups is 1. The summed E-state index contributed by atoms with van der Waals surface area (Å²) in [4.78, 5) is 16.4. The lowest BCUT2D eigenvalue weighted by molar-refractivity contribution is 0.102. The van der Waals surface area contributed by atoms with E-state index < -0.39 is 0 Å². The molecule has 24 heavy (non-hydrogen) atoms. The highest BCUT2D eigenvalue weighted by Gasteiger charge is 2.11. The van der Waals surface area contributed by atoms with Gasteiger partial charge in [0.25, 0.3) is 5.91 Å². The molecule has 0 radical (unpaired) electrons. The molecule has 4 nitrogen and oxygen atoms in total. The standard InChI is InChI=1S/C18H15FN2O2S/c1-12-2-6-14(7-3-12)20-18(22)16-11-24-17(21-16)10-23-15-8-4-13(19)5-9-15/h2-9,11H,10H2,1H3,(H,20,22). The fourth-order valence-electron chi connectivity index (χ4n) is 1.99. The van der Waals surface area contributed by atoms with E-state index in [0.717, 1.165) is 11.3 Å². The van der Waals surface area contributed by atoms with Crippen molar-refractivity contribution in [2.45, 2.75) is 13.5 Å². The number of hydrogen-bond donors (Lipinski definition) is 1. The van der Waals surface area contributed by atoms with Crippen LogP contribution in [0.5, 0.6) is 5.75 Å². The second-order valence-corrected chi connectivity index (χ2v) is 6.13. The second-order valence-electron chi connectivity index (χ2n) is 5.19. The van der Waals surface area contributed by atoms with Gasteiger partial charge in [-0.2, -0.15) is 0 Å². The molecular formula is C18H15FN2O2S.